The van der Waals surface area contributed by atoms with Crippen LogP contribution >= 0.6 is 0 Å². The van der Waals surface area contributed by atoms with Crippen molar-refractivity contribution in [2.45, 2.75) is 38.3 Å². The predicted molar refractivity (Wildman–Crippen MR) is 84.3 cm³/mol. The first-order chi connectivity index (χ1) is 7.83. The molecule has 0 aliphatic rings. The summed E-state index contributed by atoms with van der Waals surface area (Å²) in [6, 6.07) is 2.11. The van der Waals surface area contributed by atoms with Gasteiger partial charge < -0.3 is 4.12 Å². The maximum atomic E-state index is 6.43. The van der Waals surface area contributed by atoms with Gasteiger partial charge in [-0.15, -0.1) is 0 Å². The second-order valence-corrected chi connectivity index (χ2v) is 14.0. The molecule has 0 aromatic heterocycles. The van der Waals surface area contributed by atoms with Gasteiger partial charge in [-0.25, -0.2) is 0 Å². The molecular formula is C14H26OSi2. The van der Waals surface area contributed by atoms with E-state index in [1.165, 1.54) is 0 Å². The second-order valence-electron chi connectivity index (χ2n) is 5.36. The molecule has 0 unspecified atom stereocenters. The van der Waals surface area contributed by atoms with Gasteiger partial charge in [0.05, 0.1) is 0 Å². The molecule has 0 saturated carbocycles. The zero-order valence-electron chi connectivity index (χ0n) is 11.7. The highest BCUT2D eigenvalue weighted by atomic mass is 28.4. The highest BCUT2D eigenvalue weighted by Crippen LogP contribution is 2.22. The fraction of sp³-hybridized carbons (Fsp3) is 0.429. The maximum Gasteiger partial charge on any atom is 0.177 e. The predicted octanol–water partition coefficient (Wildman–Crippen LogP) is 4.90. The summed E-state index contributed by atoms with van der Waals surface area (Å²) >= 11 is 0. The molecule has 0 radical (unpaired) electrons. The summed E-state index contributed by atoms with van der Waals surface area (Å²) in [4.78, 5) is 0. The molecule has 0 heterocycles. The van der Waals surface area contributed by atoms with Crippen molar-refractivity contribution in [3.05, 3.63) is 49.6 Å². The largest absolute Gasteiger partial charge is 0.455 e. The van der Waals surface area contributed by atoms with Gasteiger partial charge in [0.1, 0.15) is 0 Å². The minimum atomic E-state index is -1.57. The standard InChI is InChI=1S/C14H26OSi2/c1-7-9-11-13-16(3,4)15-17(5,6)14-12-10-8-2/h7-12H,1-2,13-14H2,3-6H3. The molecule has 0 aliphatic heterocycles. The van der Waals surface area contributed by atoms with Gasteiger partial charge in [-0.05, 0) is 38.3 Å². The van der Waals surface area contributed by atoms with Gasteiger partial charge in [-0.3, -0.25) is 0 Å². The van der Waals surface area contributed by atoms with E-state index < -0.39 is 16.6 Å². The molecule has 1 nitrogen and oxygen atoms in total. The third-order valence-corrected chi connectivity index (χ3v) is 9.17. The average Bonchev–Trinajstić information content (AvgIpc) is 2.16. The summed E-state index contributed by atoms with van der Waals surface area (Å²) in [7, 11) is -3.14. The smallest absolute Gasteiger partial charge is 0.177 e. The molecule has 0 amide bonds. The lowest BCUT2D eigenvalue weighted by Crippen LogP contribution is -2.43. The van der Waals surface area contributed by atoms with E-state index in [9.17, 15) is 0 Å². The average molecular weight is 267 g/mol. The van der Waals surface area contributed by atoms with Crippen LogP contribution < -0.4 is 0 Å². The van der Waals surface area contributed by atoms with Crippen LogP contribution in [-0.2, 0) is 4.12 Å². The molecule has 0 atom stereocenters. The van der Waals surface area contributed by atoms with Crippen molar-refractivity contribution in [3.63, 3.8) is 0 Å². The minimum absolute atomic E-state index is 1.06. The van der Waals surface area contributed by atoms with Crippen LogP contribution in [0.15, 0.2) is 49.6 Å². The van der Waals surface area contributed by atoms with E-state index >= 15 is 0 Å². The van der Waals surface area contributed by atoms with Crippen LogP contribution in [0.1, 0.15) is 0 Å². The van der Waals surface area contributed by atoms with E-state index in [2.05, 4.69) is 51.5 Å². The summed E-state index contributed by atoms with van der Waals surface area (Å²) < 4.78 is 6.43. The molecule has 0 N–H and O–H groups in total. The number of allylic oxidation sites excluding steroid dienone is 6. The normalized spacial score (nSPS) is 13.4. The quantitative estimate of drug-likeness (QED) is 0.448. The van der Waals surface area contributed by atoms with Crippen molar-refractivity contribution in [1.82, 2.24) is 0 Å². The van der Waals surface area contributed by atoms with E-state index in [4.69, 9.17) is 4.12 Å². The number of hydrogen-bond acceptors (Lipinski definition) is 1. The van der Waals surface area contributed by atoms with Crippen molar-refractivity contribution in [2.75, 3.05) is 0 Å². The minimum Gasteiger partial charge on any atom is -0.455 e. The topological polar surface area (TPSA) is 9.23 Å². The Morgan fingerprint density at radius 1 is 0.824 bits per heavy atom. The lowest BCUT2D eigenvalue weighted by Gasteiger charge is -2.32. The van der Waals surface area contributed by atoms with Crippen LogP contribution in [0, 0.1) is 0 Å². The molecule has 0 bridgehead atoms. The molecule has 0 rings (SSSR count). The Balaban J connectivity index is 4.35. The van der Waals surface area contributed by atoms with Gasteiger partial charge in [0, 0.05) is 0 Å². The SMILES string of the molecule is C=CC=CC[Si](C)(C)O[Si](C)(C)CC=CC=C. The Labute approximate surface area is 109 Å². The Bertz CT molecular complexity index is 271. The fourth-order valence-corrected chi connectivity index (χ4v) is 9.79. The van der Waals surface area contributed by atoms with Gasteiger partial charge in [0.25, 0.3) is 0 Å². The summed E-state index contributed by atoms with van der Waals surface area (Å²) in [5.41, 5.74) is 0. The number of hydrogen-bond donors (Lipinski definition) is 0. The van der Waals surface area contributed by atoms with E-state index in [-0.39, 0.29) is 0 Å². The highest BCUT2D eigenvalue weighted by molar-refractivity contribution is 6.85. The van der Waals surface area contributed by atoms with Gasteiger partial charge >= 0.3 is 0 Å². The Morgan fingerprint density at radius 3 is 1.47 bits per heavy atom. The van der Waals surface area contributed by atoms with E-state index in [1.54, 1.807) is 0 Å². The number of rotatable bonds is 8. The van der Waals surface area contributed by atoms with E-state index in [1.807, 2.05) is 24.3 Å². The molecule has 0 saturated heterocycles. The van der Waals surface area contributed by atoms with Crippen LogP contribution in [0.5, 0.6) is 0 Å². The summed E-state index contributed by atoms with van der Waals surface area (Å²) in [6.07, 6.45) is 12.0. The molecule has 3 heteroatoms. The van der Waals surface area contributed by atoms with Crippen LogP contribution in [0.3, 0.4) is 0 Å². The first kappa shape index (κ1) is 16.4. The third-order valence-electron chi connectivity index (χ3n) is 2.32. The van der Waals surface area contributed by atoms with Gasteiger partial charge in [-0.2, -0.15) is 0 Å². The third kappa shape index (κ3) is 9.09. The van der Waals surface area contributed by atoms with Gasteiger partial charge in [0.2, 0.25) is 0 Å². The molecule has 17 heavy (non-hydrogen) atoms. The summed E-state index contributed by atoms with van der Waals surface area (Å²) in [5, 5.41) is 0. The second kappa shape index (κ2) is 7.64. The van der Waals surface area contributed by atoms with Gasteiger partial charge in [-0.1, -0.05) is 49.6 Å². The zero-order valence-corrected chi connectivity index (χ0v) is 13.7. The van der Waals surface area contributed by atoms with Crippen LogP contribution in [0.2, 0.25) is 38.3 Å². The van der Waals surface area contributed by atoms with Crippen molar-refractivity contribution in [1.29, 1.82) is 0 Å². The molecular weight excluding hydrogens is 240 g/mol. The first-order valence-electron chi connectivity index (χ1n) is 6.08. The monoisotopic (exact) mass is 266 g/mol. The van der Waals surface area contributed by atoms with Gasteiger partial charge in [0.15, 0.2) is 16.6 Å². The molecule has 0 fully saturated rings. The van der Waals surface area contributed by atoms with Crippen LogP contribution in [0.25, 0.3) is 0 Å². The lowest BCUT2D eigenvalue weighted by atomic mass is 10.5. The summed E-state index contributed by atoms with van der Waals surface area (Å²) in [6.45, 7) is 16.5. The van der Waals surface area contributed by atoms with Crippen molar-refractivity contribution in [2.24, 2.45) is 0 Å². The van der Waals surface area contributed by atoms with E-state index in [0.29, 0.717) is 0 Å². The molecule has 0 spiro atoms. The van der Waals surface area contributed by atoms with Crippen molar-refractivity contribution < 1.29 is 4.12 Å². The Hall–Kier alpha value is -0.646. The molecule has 0 aliphatic carbocycles. The Morgan fingerprint density at radius 2 is 1.18 bits per heavy atom. The van der Waals surface area contributed by atoms with Crippen LogP contribution in [0.4, 0.5) is 0 Å². The zero-order chi connectivity index (χ0) is 13.4. The van der Waals surface area contributed by atoms with Crippen LogP contribution in [-0.4, -0.2) is 16.6 Å². The Kier molecular flexibility index (Phi) is 7.35. The van der Waals surface area contributed by atoms with Crippen molar-refractivity contribution in [3.8, 4) is 0 Å². The first-order valence-corrected chi connectivity index (χ1v) is 12.3. The van der Waals surface area contributed by atoms with E-state index in [0.717, 1.165) is 12.1 Å². The molecule has 0 aromatic carbocycles. The fourth-order valence-electron chi connectivity index (χ4n) is 1.73. The molecule has 96 valence electrons. The summed E-state index contributed by atoms with van der Waals surface area (Å²) in [5.74, 6) is 0. The lowest BCUT2D eigenvalue weighted by molar-refractivity contribution is 0.548. The maximum absolute atomic E-state index is 6.43. The van der Waals surface area contributed by atoms with Crippen molar-refractivity contribution >= 4 is 16.6 Å². The highest BCUT2D eigenvalue weighted by Gasteiger charge is 2.31. The molecule has 0 aromatic rings.